The Morgan fingerprint density at radius 1 is 1.02 bits per heavy atom. The third-order valence-corrected chi connectivity index (χ3v) is 6.85. The Morgan fingerprint density at radius 2 is 1.76 bits per heavy atom. The molecule has 0 aliphatic carbocycles. The Bertz CT molecular complexity index is 1390. The Balaban J connectivity index is 1.31. The van der Waals surface area contributed by atoms with Crippen molar-refractivity contribution in [2.45, 2.75) is 12.8 Å². The lowest BCUT2D eigenvalue weighted by molar-refractivity contribution is -0.131. The summed E-state index contributed by atoms with van der Waals surface area (Å²) in [5.41, 5.74) is 2.89. The maximum Gasteiger partial charge on any atom is 0.253 e. The summed E-state index contributed by atoms with van der Waals surface area (Å²) in [6.45, 7) is 6.64. The van der Waals surface area contributed by atoms with E-state index in [9.17, 15) is 14.4 Å². The predicted octanol–water partition coefficient (Wildman–Crippen LogP) is 3.71. The topological polar surface area (TPSA) is 132 Å². The standard InChI is InChI=1S/C29H33ClN8O3/c1-3-25(39)32-14-6-9-26(40)38-17-15-37(16-18-38)21-12-10-20(11-13-21)34-29-33-19-23(30)27(36-29)35-24-8-5-4-7-22(24)28(41)31-2/h3-5,7-8,10-13,19H,1,6,9,14-18H2,2H3,(H,31,41)(H,32,39)(H2,33,34,35,36). The number of hydrogen-bond acceptors (Lipinski definition) is 8. The summed E-state index contributed by atoms with van der Waals surface area (Å²) >= 11 is 6.34. The van der Waals surface area contributed by atoms with Gasteiger partial charge < -0.3 is 31.1 Å². The zero-order chi connectivity index (χ0) is 29.2. The molecule has 11 nitrogen and oxygen atoms in total. The second kappa shape index (κ2) is 14.1. The minimum Gasteiger partial charge on any atom is -0.368 e. The van der Waals surface area contributed by atoms with Gasteiger partial charge in [0.25, 0.3) is 5.91 Å². The molecule has 2 heterocycles. The van der Waals surface area contributed by atoms with Gasteiger partial charge in [-0.3, -0.25) is 14.4 Å². The third-order valence-electron chi connectivity index (χ3n) is 6.57. The molecule has 0 radical (unpaired) electrons. The quantitative estimate of drug-likeness (QED) is 0.201. The van der Waals surface area contributed by atoms with Gasteiger partial charge in [0.2, 0.25) is 17.8 Å². The van der Waals surface area contributed by atoms with Gasteiger partial charge in [0.15, 0.2) is 5.82 Å². The number of nitrogens with one attached hydrogen (secondary N) is 4. The van der Waals surface area contributed by atoms with Crippen molar-refractivity contribution in [3.8, 4) is 0 Å². The summed E-state index contributed by atoms with van der Waals surface area (Å²) in [5, 5.41) is 11.9. The molecule has 4 N–H and O–H groups in total. The molecular weight excluding hydrogens is 544 g/mol. The normalized spacial score (nSPS) is 12.8. The minimum absolute atomic E-state index is 0.103. The number of carbonyl (C=O) groups is 3. The molecule has 0 bridgehead atoms. The van der Waals surface area contributed by atoms with Crippen molar-refractivity contribution in [1.82, 2.24) is 25.5 Å². The number of piperazine rings is 1. The van der Waals surface area contributed by atoms with Crippen LogP contribution < -0.4 is 26.2 Å². The van der Waals surface area contributed by atoms with E-state index in [2.05, 4.69) is 42.7 Å². The van der Waals surface area contributed by atoms with Gasteiger partial charge >= 0.3 is 0 Å². The highest BCUT2D eigenvalue weighted by Gasteiger charge is 2.21. The van der Waals surface area contributed by atoms with E-state index in [4.69, 9.17) is 11.6 Å². The van der Waals surface area contributed by atoms with Crippen molar-refractivity contribution in [3.05, 3.63) is 78.0 Å². The molecular formula is C29H33ClN8O3. The van der Waals surface area contributed by atoms with Crippen LogP contribution in [0.2, 0.25) is 5.02 Å². The molecule has 3 amide bonds. The summed E-state index contributed by atoms with van der Waals surface area (Å²) in [6, 6.07) is 15.0. The number of halogens is 1. The minimum atomic E-state index is -0.226. The van der Waals surface area contributed by atoms with Crippen LogP contribution in [0.25, 0.3) is 0 Å². The Labute approximate surface area is 244 Å². The Morgan fingerprint density at radius 3 is 2.46 bits per heavy atom. The van der Waals surface area contributed by atoms with E-state index in [0.717, 1.165) is 24.5 Å². The fourth-order valence-electron chi connectivity index (χ4n) is 4.35. The molecule has 0 unspecified atom stereocenters. The fraction of sp³-hybridized carbons (Fsp3) is 0.276. The maximum atomic E-state index is 12.5. The molecule has 1 fully saturated rings. The van der Waals surface area contributed by atoms with Crippen molar-refractivity contribution in [2.24, 2.45) is 0 Å². The van der Waals surface area contributed by atoms with Crippen molar-refractivity contribution >= 4 is 58.2 Å². The molecule has 0 atom stereocenters. The van der Waals surface area contributed by atoms with Crippen LogP contribution in [0.1, 0.15) is 23.2 Å². The Kier molecular flexibility index (Phi) is 10.1. The number of aromatic nitrogens is 2. The SMILES string of the molecule is C=CC(=O)NCCCC(=O)N1CCN(c2ccc(Nc3ncc(Cl)c(Nc4ccccc4C(=O)NC)n3)cc2)CC1. The number of para-hydroxylation sites is 1. The first-order valence-corrected chi connectivity index (χ1v) is 13.7. The van der Waals surface area contributed by atoms with Crippen molar-refractivity contribution in [2.75, 3.05) is 55.3 Å². The van der Waals surface area contributed by atoms with Crippen LogP contribution in [0.15, 0.2) is 67.4 Å². The van der Waals surface area contributed by atoms with E-state index < -0.39 is 0 Å². The van der Waals surface area contributed by atoms with Gasteiger partial charge in [-0.15, -0.1) is 0 Å². The van der Waals surface area contributed by atoms with Gasteiger partial charge in [0.1, 0.15) is 5.02 Å². The second-order valence-corrected chi connectivity index (χ2v) is 9.69. The first-order valence-electron chi connectivity index (χ1n) is 13.3. The van der Waals surface area contributed by atoms with Crippen molar-refractivity contribution in [3.63, 3.8) is 0 Å². The summed E-state index contributed by atoms with van der Waals surface area (Å²) in [6.07, 6.45) is 3.73. The van der Waals surface area contributed by atoms with Gasteiger partial charge in [-0.2, -0.15) is 4.98 Å². The summed E-state index contributed by atoms with van der Waals surface area (Å²) in [4.78, 5) is 48.8. The van der Waals surface area contributed by atoms with Crippen LogP contribution in [-0.2, 0) is 9.59 Å². The van der Waals surface area contributed by atoms with E-state index in [1.165, 1.54) is 12.3 Å². The lowest BCUT2D eigenvalue weighted by atomic mass is 10.1. The van der Waals surface area contributed by atoms with E-state index in [0.29, 0.717) is 60.5 Å². The molecule has 1 aromatic heterocycles. The molecule has 12 heteroatoms. The van der Waals surface area contributed by atoms with Gasteiger partial charge in [-0.25, -0.2) is 4.98 Å². The number of benzene rings is 2. The first-order chi connectivity index (χ1) is 19.9. The van der Waals surface area contributed by atoms with E-state index in [1.807, 2.05) is 35.2 Å². The highest BCUT2D eigenvalue weighted by atomic mass is 35.5. The lowest BCUT2D eigenvalue weighted by Crippen LogP contribution is -2.48. The maximum absolute atomic E-state index is 12.5. The van der Waals surface area contributed by atoms with Crippen LogP contribution >= 0.6 is 11.6 Å². The molecule has 4 rings (SSSR count). The number of anilines is 5. The van der Waals surface area contributed by atoms with Gasteiger partial charge in [0.05, 0.1) is 17.4 Å². The average molecular weight is 577 g/mol. The number of rotatable bonds is 11. The fourth-order valence-corrected chi connectivity index (χ4v) is 4.49. The first kappa shape index (κ1) is 29.3. The Hall–Kier alpha value is -4.64. The molecule has 1 aliphatic rings. The van der Waals surface area contributed by atoms with Gasteiger partial charge in [-0.1, -0.05) is 30.3 Å². The highest BCUT2D eigenvalue weighted by molar-refractivity contribution is 6.33. The number of nitrogens with zero attached hydrogens (tertiary/aromatic N) is 4. The molecule has 0 saturated carbocycles. The molecule has 2 aromatic carbocycles. The van der Waals surface area contributed by atoms with Crippen LogP contribution in [0, 0.1) is 0 Å². The van der Waals surface area contributed by atoms with Gasteiger partial charge in [0, 0.05) is 57.6 Å². The van der Waals surface area contributed by atoms with Crippen LogP contribution in [0.5, 0.6) is 0 Å². The summed E-state index contributed by atoms with van der Waals surface area (Å²) < 4.78 is 0. The third kappa shape index (κ3) is 7.95. The van der Waals surface area contributed by atoms with E-state index in [-0.39, 0.29) is 17.7 Å². The second-order valence-electron chi connectivity index (χ2n) is 9.28. The number of hydrogen-bond donors (Lipinski definition) is 4. The molecule has 1 saturated heterocycles. The largest absolute Gasteiger partial charge is 0.368 e. The van der Waals surface area contributed by atoms with E-state index >= 15 is 0 Å². The highest BCUT2D eigenvalue weighted by Crippen LogP contribution is 2.27. The molecule has 1 aliphatic heterocycles. The zero-order valence-corrected chi connectivity index (χ0v) is 23.6. The average Bonchev–Trinajstić information content (AvgIpc) is 3.01. The van der Waals surface area contributed by atoms with Crippen LogP contribution in [0.4, 0.5) is 28.8 Å². The van der Waals surface area contributed by atoms with Crippen molar-refractivity contribution < 1.29 is 14.4 Å². The van der Waals surface area contributed by atoms with E-state index in [1.54, 1.807) is 25.2 Å². The number of carbonyl (C=O) groups excluding carboxylic acids is 3. The predicted molar refractivity (Wildman–Crippen MR) is 161 cm³/mol. The summed E-state index contributed by atoms with van der Waals surface area (Å²) in [5.74, 6) is 0.363. The molecule has 214 valence electrons. The van der Waals surface area contributed by atoms with Crippen molar-refractivity contribution in [1.29, 1.82) is 0 Å². The monoisotopic (exact) mass is 576 g/mol. The lowest BCUT2D eigenvalue weighted by Gasteiger charge is -2.36. The van der Waals surface area contributed by atoms with Crippen LogP contribution in [-0.4, -0.2) is 72.4 Å². The van der Waals surface area contributed by atoms with Gasteiger partial charge in [-0.05, 0) is 48.9 Å². The zero-order valence-electron chi connectivity index (χ0n) is 22.8. The smallest absolute Gasteiger partial charge is 0.253 e. The molecule has 0 spiro atoms. The molecule has 41 heavy (non-hydrogen) atoms. The molecule has 3 aromatic rings. The summed E-state index contributed by atoms with van der Waals surface area (Å²) in [7, 11) is 1.57. The number of amides is 3. The van der Waals surface area contributed by atoms with Crippen LogP contribution in [0.3, 0.4) is 0 Å².